The minimum Gasteiger partial charge on any atom is -0.326 e. The van der Waals surface area contributed by atoms with Crippen LogP contribution < -0.4 is 10.6 Å². The van der Waals surface area contributed by atoms with Gasteiger partial charge in [-0.3, -0.25) is 9.59 Å². The lowest BCUT2D eigenvalue weighted by molar-refractivity contribution is -0.115. The molecule has 0 spiro atoms. The van der Waals surface area contributed by atoms with Gasteiger partial charge in [-0.1, -0.05) is 54.1 Å². The highest BCUT2D eigenvalue weighted by molar-refractivity contribution is 6.33. The lowest BCUT2D eigenvalue weighted by atomic mass is 10.0. The zero-order chi connectivity index (χ0) is 17.8. The number of benzene rings is 3. The summed E-state index contributed by atoms with van der Waals surface area (Å²) in [6.07, 6.45) is 0.238. The highest BCUT2D eigenvalue weighted by atomic mass is 35.5. The number of carbonyl (C=O) groups excluding carboxylic acids is 2. The number of hydrogen-bond acceptors (Lipinski definition) is 2. The molecule has 0 aliphatic carbocycles. The van der Waals surface area contributed by atoms with E-state index in [-0.39, 0.29) is 18.2 Å². The normalized spacial score (nSPS) is 10.5. The Bertz CT molecular complexity index is 948. The van der Waals surface area contributed by atoms with E-state index in [1.54, 1.807) is 18.2 Å². The Morgan fingerprint density at radius 2 is 1.72 bits per heavy atom. The molecule has 0 heterocycles. The first kappa shape index (κ1) is 17.0. The molecule has 0 aliphatic heterocycles. The molecular formula is C20H17ClN2O2. The molecular weight excluding hydrogens is 336 g/mol. The van der Waals surface area contributed by atoms with Gasteiger partial charge in [-0.25, -0.2) is 0 Å². The van der Waals surface area contributed by atoms with Gasteiger partial charge in [-0.2, -0.15) is 0 Å². The van der Waals surface area contributed by atoms with Gasteiger partial charge in [-0.05, 0) is 34.5 Å². The van der Waals surface area contributed by atoms with E-state index in [2.05, 4.69) is 10.6 Å². The molecule has 3 aromatic carbocycles. The predicted molar refractivity (Wildman–Crippen MR) is 102 cm³/mol. The minimum absolute atomic E-state index is 0.168. The van der Waals surface area contributed by atoms with E-state index in [0.29, 0.717) is 16.4 Å². The molecule has 3 aromatic rings. The Kier molecular flexibility index (Phi) is 5.00. The molecule has 126 valence electrons. The summed E-state index contributed by atoms with van der Waals surface area (Å²) in [5, 5.41) is 8.05. The standard InChI is InChI=1S/C20H17ClN2O2/c1-13(24)22-16-9-10-18(21)19(12-16)23-20(25)11-15-7-4-6-14-5-2-3-8-17(14)15/h2-10,12H,11H2,1H3,(H,22,24)(H,23,25). The summed E-state index contributed by atoms with van der Waals surface area (Å²) in [7, 11) is 0. The van der Waals surface area contributed by atoms with Crippen LogP contribution in [0.5, 0.6) is 0 Å². The molecule has 0 saturated carbocycles. The summed E-state index contributed by atoms with van der Waals surface area (Å²) in [6, 6.07) is 18.8. The Hall–Kier alpha value is -2.85. The predicted octanol–water partition coefficient (Wildman–Crippen LogP) is 4.63. The van der Waals surface area contributed by atoms with Crippen LogP contribution in [-0.2, 0) is 16.0 Å². The Balaban J connectivity index is 1.79. The first-order valence-electron chi connectivity index (χ1n) is 7.86. The molecule has 0 bridgehead atoms. The largest absolute Gasteiger partial charge is 0.326 e. The van der Waals surface area contributed by atoms with Crippen LogP contribution in [0.25, 0.3) is 10.8 Å². The average Bonchev–Trinajstić information content (AvgIpc) is 2.58. The van der Waals surface area contributed by atoms with Gasteiger partial charge >= 0.3 is 0 Å². The topological polar surface area (TPSA) is 58.2 Å². The number of amides is 2. The van der Waals surface area contributed by atoms with E-state index >= 15 is 0 Å². The van der Waals surface area contributed by atoms with Crippen molar-refractivity contribution in [3.63, 3.8) is 0 Å². The van der Waals surface area contributed by atoms with Crippen LogP contribution in [0.1, 0.15) is 12.5 Å². The molecule has 25 heavy (non-hydrogen) atoms. The van der Waals surface area contributed by atoms with Crippen molar-refractivity contribution >= 4 is 45.6 Å². The van der Waals surface area contributed by atoms with Gasteiger partial charge in [0.25, 0.3) is 0 Å². The van der Waals surface area contributed by atoms with Crippen molar-refractivity contribution in [1.82, 2.24) is 0 Å². The Labute approximate surface area is 150 Å². The summed E-state index contributed by atoms with van der Waals surface area (Å²) in [6.45, 7) is 1.42. The molecule has 0 radical (unpaired) electrons. The molecule has 2 N–H and O–H groups in total. The number of halogens is 1. The van der Waals surface area contributed by atoms with E-state index in [0.717, 1.165) is 16.3 Å². The summed E-state index contributed by atoms with van der Waals surface area (Å²) in [5.41, 5.74) is 2.00. The average molecular weight is 353 g/mol. The van der Waals surface area contributed by atoms with Gasteiger partial charge < -0.3 is 10.6 Å². The summed E-state index contributed by atoms with van der Waals surface area (Å²) in [5.74, 6) is -0.353. The van der Waals surface area contributed by atoms with Crippen LogP contribution in [0.3, 0.4) is 0 Å². The second-order valence-electron chi connectivity index (χ2n) is 5.74. The van der Waals surface area contributed by atoms with Crippen LogP contribution >= 0.6 is 11.6 Å². The molecule has 0 fully saturated rings. The van der Waals surface area contributed by atoms with Gasteiger partial charge in [0.2, 0.25) is 11.8 Å². The SMILES string of the molecule is CC(=O)Nc1ccc(Cl)c(NC(=O)Cc2cccc3ccccc23)c1. The smallest absolute Gasteiger partial charge is 0.228 e. The van der Waals surface area contributed by atoms with Crippen molar-refractivity contribution in [2.24, 2.45) is 0 Å². The van der Waals surface area contributed by atoms with Crippen molar-refractivity contribution in [1.29, 1.82) is 0 Å². The highest BCUT2D eigenvalue weighted by Crippen LogP contribution is 2.26. The third-order valence-electron chi connectivity index (χ3n) is 3.79. The molecule has 2 amide bonds. The van der Waals surface area contributed by atoms with Crippen LogP contribution in [0, 0.1) is 0 Å². The molecule has 0 atom stereocenters. The second-order valence-corrected chi connectivity index (χ2v) is 6.15. The number of rotatable bonds is 4. The highest BCUT2D eigenvalue weighted by Gasteiger charge is 2.10. The lowest BCUT2D eigenvalue weighted by Gasteiger charge is -2.11. The first-order valence-corrected chi connectivity index (χ1v) is 8.24. The lowest BCUT2D eigenvalue weighted by Crippen LogP contribution is -2.15. The van der Waals surface area contributed by atoms with Crippen LogP contribution in [0.15, 0.2) is 60.7 Å². The third-order valence-corrected chi connectivity index (χ3v) is 4.12. The zero-order valence-corrected chi connectivity index (χ0v) is 14.4. The fourth-order valence-corrected chi connectivity index (χ4v) is 2.88. The van der Waals surface area contributed by atoms with E-state index in [4.69, 9.17) is 11.6 Å². The molecule has 0 unspecified atom stereocenters. The zero-order valence-electron chi connectivity index (χ0n) is 13.7. The van der Waals surface area contributed by atoms with E-state index in [1.165, 1.54) is 6.92 Å². The van der Waals surface area contributed by atoms with Gasteiger partial charge in [0.15, 0.2) is 0 Å². The summed E-state index contributed by atoms with van der Waals surface area (Å²) in [4.78, 5) is 23.6. The quantitative estimate of drug-likeness (QED) is 0.719. The van der Waals surface area contributed by atoms with Crippen LogP contribution in [0.4, 0.5) is 11.4 Å². The number of hydrogen-bond donors (Lipinski definition) is 2. The number of fused-ring (bicyclic) bond motifs is 1. The Morgan fingerprint density at radius 3 is 2.52 bits per heavy atom. The van der Waals surface area contributed by atoms with E-state index in [9.17, 15) is 9.59 Å². The van der Waals surface area contributed by atoms with Crippen molar-refractivity contribution in [2.45, 2.75) is 13.3 Å². The molecule has 0 saturated heterocycles. The minimum atomic E-state index is -0.185. The van der Waals surface area contributed by atoms with Gasteiger partial charge in [-0.15, -0.1) is 0 Å². The number of carbonyl (C=O) groups is 2. The summed E-state index contributed by atoms with van der Waals surface area (Å²) < 4.78 is 0. The van der Waals surface area contributed by atoms with Crippen molar-refractivity contribution in [3.8, 4) is 0 Å². The van der Waals surface area contributed by atoms with Crippen LogP contribution in [0.2, 0.25) is 5.02 Å². The van der Waals surface area contributed by atoms with E-state index in [1.807, 2.05) is 42.5 Å². The second kappa shape index (κ2) is 7.36. The van der Waals surface area contributed by atoms with E-state index < -0.39 is 0 Å². The first-order chi connectivity index (χ1) is 12.0. The van der Waals surface area contributed by atoms with Crippen LogP contribution in [-0.4, -0.2) is 11.8 Å². The fraction of sp³-hybridized carbons (Fsp3) is 0.100. The molecule has 0 aromatic heterocycles. The monoisotopic (exact) mass is 352 g/mol. The number of nitrogens with one attached hydrogen (secondary N) is 2. The summed E-state index contributed by atoms with van der Waals surface area (Å²) >= 11 is 6.15. The maximum absolute atomic E-state index is 12.5. The molecule has 3 rings (SSSR count). The molecule has 5 heteroatoms. The molecule has 0 aliphatic rings. The van der Waals surface area contributed by atoms with Gasteiger partial charge in [0, 0.05) is 12.6 Å². The maximum atomic E-state index is 12.5. The Morgan fingerprint density at radius 1 is 0.960 bits per heavy atom. The van der Waals surface area contributed by atoms with Crippen molar-refractivity contribution in [2.75, 3.05) is 10.6 Å². The third kappa shape index (κ3) is 4.17. The molecule has 4 nitrogen and oxygen atoms in total. The number of anilines is 2. The fourth-order valence-electron chi connectivity index (χ4n) is 2.72. The maximum Gasteiger partial charge on any atom is 0.228 e. The van der Waals surface area contributed by atoms with Crippen molar-refractivity contribution < 1.29 is 9.59 Å². The van der Waals surface area contributed by atoms with Crippen molar-refractivity contribution in [3.05, 3.63) is 71.2 Å². The van der Waals surface area contributed by atoms with Gasteiger partial charge in [0.05, 0.1) is 17.1 Å². The van der Waals surface area contributed by atoms with Gasteiger partial charge in [0.1, 0.15) is 0 Å².